The van der Waals surface area contributed by atoms with Crippen LogP contribution in [0.15, 0.2) is 0 Å². The lowest BCUT2D eigenvalue weighted by atomic mass is 10.0. The summed E-state index contributed by atoms with van der Waals surface area (Å²) in [7, 11) is 0. The molecule has 0 aromatic carbocycles. The minimum absolute atomic E-state index is 0.0125. The standard InChI is InChI=1S/C21H42O2.C3H8O/c1-3-5-6-7-8-9-10-11-12-13-14-15-16-17-18-19-21(22)23-20-4-2;1-3(2)4/h3-20H2,1-2H3;3-4H,1-2H3. The summed E-state index contributed by atoms with van der Waals surface area (Å²) in [5.74, 6) is -0.0125. The van der Waals surface area contributed by atoms with E-state index in [4.69, 9.17) is 9.84 Å². The number of aliphatic hydroxyl groups excluding tert-OH is 1. The average molecular weight is 387 g/mol. The second-order valence-electron chi connectivity index (χ2n) is 8.01. The fourth-order valence-corrected chi connectivity index (χ4v) is 2.93. The van der Waals surface area contributed by atoms with E-state index in [1.807, 2.05) is 6.92 Å². The summed E-state index contributed by atoms with van der Waals surface area (Å²) < 4.78 is 5.07. The highest BCUT2D eigenvalue weighted by molar-refractivity contribution is 5.69. The van der Waals surface area contributed by atoms with Crippen LogP contribution in [-0.2, 0) is 9.53 Å². The first kappa shape index (κ1) is 28.6. The Morgan fingerprint density at radius 1 is 0.667 bits per heavy atom. The third kappa shape index (κ3) is 33.4. The fourth-order valence-electron chi connectivity index (χ4n) is 2.93. The van der Waals surface area contributed by atoms with Crippen molar-refractivity contribution in [1.82, 2.24) is 0 Å². The van der Waals surface area contributed by atoms with E-state index in [9.17, 15) is 4.79 Å². The van der Waals surface area contributed by atoms with Crippen LogP contribution in [0.5, 0.6) is 0 Å². The number of hydrogen-bond acceptors (Lipinski definition) is 3. The van der Waals surface area contributed by atoms with Crippen molar-refractivity contribution in [2.24, 2.45) is 0 Å². The van der Waals surface area contributed by atoms with Crippen molar-refractivity contribution in [3.8, 4) is 0 Å². The zero-order valence-electron chi connectivity index (χ0n) is 19.1. The molecule has 164 valence electrons. The summed E-state index contributed by atoms with van der Waals surface area (Å²) in [5, 5.41) is 8.06. The van der Waals surface area contributed by atoms with Gasteiger partial charge in [-0.15, -0.1) is 0 Å². The maximum Gasteiger partial charge on any atom is 0.305 e. The molecule has 0 atom stereocenters. The highest BCUT2D eigenvalue weighted by Crippen LogP contribution is 2.13. The molecule has 0 saturated heterocycles. The monoisotopic (exact) mass is 386 g/mol. The zero-order valence-corrected chi connectivity index (χ0v) is 19.1. The van der Waals surface area contributed by atoms with Gasteiger partial charge in [-0.1, -0.05) is 104 Å². The largest absolute Gasteiger partial charge is 0.466 e. The van der Waals surface area contributed by atoms with Crippen molar-refractivity contribution in [2.75, 3.05) is 6.61 Å². The molecule has 3 nitrogen and oxygen atoms in total. The molecule has 27 heavy (non-hydrogen) atoms. The van der Waals surface area contributed by atoms with Crippen molar-refractivity contribution in [3.05, 3.63) is 0 Å². The van der Waals surface area contributed by atoms with Crippen LogP contribution in [-0.4, -0.2) is 23.8 Å². The van der Waals surface area contributed by atoms with Crippen molar-refractivity contribution >= 4 is 5.97 Å². The van der Waals surface area contributed by atoms with Gasteiger partial charge in [0.25, 0.3) is 0 Å². The van der Waals surface area contributed by atoms with Gasteiger partial charge in [-0.25, -0.2) is 0 Å². The highest BCUT2D eigenvalue weighted by atomic mass is 16.5. The van der Waals surface area contributed by atoms with Crippen LogP contribution >= 0.6 is 0 Å². The summed E-state index contributed by atoms with van der Waals surface area (Å²) in [6.07, 6.45) is 21.7. The minimum atomic E-state index is -0.167. The Bertz CT molecular complexity index is 274. The molecule has 0 aliphatic rings. The van der Waals surface area contributed by atoms with E-state index in [1.165, 1.54) is 89.9 Å². The SMILES string of the molecule is CC(C)O.CCCCCCCCCCCCCCCCCC(=O)OCCC. The maximum absolute atomic E-state index is 11.3. The second-order valence-corrected chi connectivity index (χ2v) is 8.01. The molecule has 0 aromatic rings. The zero-order chi connectivity index (χ0) is 20.6. The molecule has 0 rings (SSSR count). The predicted octanol–water partition coefficient (Wildman–Crippen LogP) is 7.59. The molecule has 0 heterocycles. The Morgan fingerprint density at radius 2 is 1.00 bits per heavy atom. The number of aliphatic hydroxyl groups is 1. The van der Waals surface area contributed by atoms with Crippen LogP contribution < -0.4 is 0 Å². The van der Waals surface area contributed by atoms with E-state index in [2.05, 4.69) is 6.92 Å². The van der Waals surface area contributed by atoms with Gasteiger partial charge in [0.2, 0.25) is 0 Å². The second kappa shape index (κ2) is 25.4. The molecule has 0 aliphatic carbocycles. The van der Waals surface area contributed by atoms with Gasteiger partial charge >= 0.3 is 5.97 Å². The molecule has 0 spiro atoms. The van der Waals surface area contributed by atoms with Crippen LogP contribution in [0.3, 0.4) is 0 Å². The highest BCUT2D eigenvalue weighted by Gasteiger charge is 2.01. The molecular weight excluding hydrogens is 336 g/mol. The minimum Gasteiger partial charge on any atom is -0.466 e. The quantitative estimate of drug-likeness (QED) is 0.195. The van der Waals surface area contributed by atoms with Gasteiger partial charge in [0.15, 0.2) is 0 Å². The van der Waals surface area contributed by atoms with E-state index in [-0.39, 0.29) is 12.1 Å². The first-order valence-electron chi connectivity index (χ1n) is 11.9. The Labute approximate surface area is 170 Å². The van der Waals surface area contributed by atoms with E-state index in [0.717, 1.165) is 12.8 Å². The van der Waals surface area contributed by atoms with Gasteiger partial charge in [0.05, 0.1) is 6.61 Å². The number of unbranched alkanes of at least 4 members (excludes halogenated alkanes) is 14. The number of carbonyl (C=O) groups is 1. The lowest BCUT2D eigenvalue weighted by Gasteiger charge is -2.04. The molecule has 3 heteroatoms. The average Bonchev–Trinajstić information content (AvgIpc) is 2.62. The topological polar surface area (TPSA) is 46.5 Å². The molecule has 0 aromatic heterocycles. The summed E-state index contributed by atoms with van der Waals surface area (Å²) in [6.45, 7) is 8.33. The molecule has 0 aliphatic heterocycles. The number of carbonyl (C=O) groups excluding carboxylic acids is 1. The number of hydrogen-bond donors (Lipinski definition) is 1. The van der Waals surface area contributed by atoms with Crippen LogP contribution in [0.4, 0.5) is 0 Å². The van der Waals surface area contributed by atoms with Gasteiger partial charge in [-0.3, -0.25) is 4.79 Å². The van der Waals surface area contributed by atoms with E-state index in [1.54, 1.807) is 13.8 Å². The van der Waals surface area contributed by atoms with Crippen LogP contribution in [0.25, 0.3) is 0 Å². The van der Waals surface area contributed by atoms with E-state index >= 15 is 0 Å². The Morgan fingerprint density at radius 3 is 1.33 bits per heavy atom. The van der Waals surface area contributed by atoms with Crippen molar-refractivity contribution in [3.63, 3.8) is 0 Å². The Balaban J connectivity index is 0. The smallest absolute Gasteiger partial charge is 0.305 e. The molecule has 0 saturated carbocycles. The first-order valence-corrected chi connectivity index (χ1v) is 11.9. The number of esters is 1. The third-order valence-electron chi connectivity index (χ3n) is 4.45. The van der Waals surface area contributed by atoms with Gasteiger partial charge in [0.1, 0.15) is 0 Å². The predicted molar refractivity (Wildman–Crippen MR) is 118 cm³/mol. The fraction of sp³-hybridized carbons (Fsp3) is 0.958. The van der Waals surface area contributed by atoms with E-state index < -0.39 is 0 Å². The van der Waals surface area contributed by atoms with Crippen molar-refractivity contribution < 1.29 is 14.6 Å². The lowest BCUT2D eigenvalue weighted by Crippen LogP contribution is -2.04. The number of rotatable bonds is 18. The molecule has 0 amide bonds. The van der Waals surface area contributed by atoms with Crippen LogP contribution in [0.1, 0.15) is 137 Å². The summed E-state index contributed by atoms with van der Waals surface area (Å²) in [6, 6.07) is 0. The molecular formula is C24H50O3. The Hall–Kier alpha value is -0.570. The summed E-state index contributed by atoms with van der Waals surface area (Å²) in [5.41, 5.74) is 0. The molecule has 0 unspecified atom stereocenters. The Kier molecular flexibility index (Phi) is 27.0. The van der Waals surface area contributed by atoms with E-state index in [0.29, 0.717) is 13.0 Å². The molecule has 0 radical (unpaired) electrons. The van der Waals surface area contributed by atoms with Gasteiger partial charge in [0, 0.05) is 12.5 Å². The normalized spacial score (nSPS) is 10.6. The molecule has 0 fully saturated rings. The van der Waals surface area contributed by atoms with Gasteiger partial charge < -0.3 is 9.84 Å². The van der Waals surface area contributed by atoms with Crippen LogP contribution in [0.2, 0.25) is 0 Å². The molecule has 1 N–H and O–H groups in total. The number of ether oxygens (including phenoxy) is 1. The van der Waals surface area contributed by atoms with Crippen molar-refractivity contribution in [1.29, 1.82) is 0 Å². The van der Waals surface area contributed by atoms with Gasteiger partial charge in [-0.05, 0) is 26.7 Å². The lowest BCUT2D eigenvalue weighted by molar-refractivity contribution is -0.143. The van der Waals surface area contributed by atoms with Crippen LogP contribution in [0, 0.1) is 0 Å². The summed E-state index contributed by atoms with van der Waals surface area (Å²) in [4.78, 5) is 11.3. The molecule has 0 bridgehead atoms. The first-order chi connectivity index (χ1) is 13.0. The van der Waals surface area contributed by atoms with Crippen molar-refractivity contribution in [2.45, 2.75) is 143 Å². The maximum atomic E-state index is 11.3. The van der Waals surface area contributed by atoms with Gasteiger partial charge in [-0.2, -0.15) is 0 Å². The summed E-state index contributed by atoms with van der Waals surface area (Å²) >= 11 is 0. The third-order valence-corrected chi connectivity index (χ3v) is 4.45.